The number of anilines is 1. The van der Waals surface area contributed by atoms with Crippen molar-refractivity contribution in [3.8, 4) is 0 Å². The highest BCUT2D eigenvalue weighted by Crippen LogP contribution is 2.32. The average molecular weight is 306 g/mol. The van der Waals surface area contributed by atoms with Gasteiger partial charge in [-0.15, -0.1) is 0 Å². The quantitative estimate of drug-likeness (QED) is 0.886. The van der Waals surface area contributed by atoms with Crippen LogP contribution in [0.15, 0.2) is 24.4 Å². The molecule has 0 aliphatic rings. The Hall–Kier alpha value is -1.65. The first kappa shape index (κ1) is 15.7. The van der Waals surface area contributed by atoms with Crippen LogP contribution in [0.2, 0.25) is 5.02 Å². The predicted molar refractivity (Wildman–Crippen MR) is 87.6 cm³/mol. The van der Waals surface area contributed by atoms with E-state index in [0.717, 1.165) is 29.3 Å². The Labute approximate surface area is 129 Å². The van der Waals surface area contributed by atoms with Gasteiger partial charge in [-0.2, -0.15) is 0 Å². The summed E-state index contributed by atoms with van der Waals surface area (Å²) >= 11 is 6.27. The number of fused-ring (bicyclic) bond motifs is 1. The molecule has 2 rings (SSSR count). The van der Waals surface area contributed by atoms with Crippen molar-refractivity contribution in [3.05, 3.63) is 35.0 Å². The van der Waals surface area contributed by atoms with Crippen molar-refractivity contribution in [2.75, 3.05) is 5.32 Å². The van der Waals surface area contributed by atoms with Gasteiger partial charge in [0.15, 0.2) is 0 Å². The summed E-state index contributed by atoms with van der Waals surface area (Å²) < 4.78 is 0. The Kier molecular flexibility index (Phi) is 5.15. The number of halogens is 1. The molecule has 0 aliphatic heterocycles. The van der Waals surface area contributed by atoms with Crippen molar-refractivity contribution in [2.45, 2.75) is 39.2 Å². The molecule has 1 aromatic heterocycles. The predicted octanol–water partition coefficient (Wildman–Crippen LogP) is 3.65. The summed E-state index contributed by atoms with van der Waals surface area (Å²) in [5.41, 5.74) is 8.17. The molecular formula is C16H20ClN3O. The molecule has 5 heteroatoms. The van der Waals surface area contributed by atoms with Crippen LogP contribution in [0.1, 0.15) is 31.7 Å². The maximum absolute atomic E-state index is 12.0. The number of carbonyl (C=O) groups is 1. The number of amides is 1. The molecule has 0 bridgehead atoms. The third kappa shape index (κ3) is 3.93. The van der Waals surface area contributed by atoms with Gasteiger partial charge in [-0.3, -0.25) is 9.78 Å². The van der Waals surface area contributed by atoms with Gasteiger partial charge in [0.05, 0.1) is 16.2 Å². The van der Waals surface area contributed by atoms with Crippen LogP contribution in [0.4, 0.5) is 5.69 Å². The standard InChI is InChI=1S/C16H20ClN3O/c1-10-9-13(17)16(12-6-4-8-19-15(10)12)20-14(21)7-3-5-11(2)18/h4,6,8-9,11H,3,5,7,18H2,1-2H3,(H,20,21). The second-order valence-corrected chi connectivity index (χ2v) is 5.77. The minimum atomic E-state index is -0.0495. The molecule has 21 heavy (non-hydrogen) atoms. The molecule has 1 heterocycles. The molecule has 1 unspecified atom stereocenters. The fourth-order valence-electron chi connectivity index (χ4n) is 2.29. The molecule has 0 radical (unpaired) electrons. The number of nitrogens with two attached hydrogens (primary N) is 1. The van der Waals surface area contributed by atoms with Crippen molar-refractivity contribution in [1.29, 1.82) is 0 Å². The van der Waals surface area contributed by atoms with Crippen LogP contribution in [0.5, 0.6) is 0 Å². The second-order valence-electron chi connectivity index (χ2n) is 5.37. The highest BCUT2D eigenvalue weighted by molar-refractivity contribution is 6.35. The number of hydrogen-bond acceptors (Lipinski definition) is 3. The molecule has 1 atom stereocenters. The first-order valence-electron chi connectivity index (χ1n) is 7.08. The minimum Gasteiger partial charge on any atom is -0.328 e. The Balaban J connectivity index is 2.20. The molecule has 1 aromatic carbocycles. The van der Waals surface area contributed by atoms with Crippen molar-refractivity contribution >= 4 is 34.1 Å². The average Bonchev–Trinajstić information content (AvgIpc) is 2.43. The van der Waals surface area contributed by atoms with E-state index in [2.05, 4.69) is 10.3 Å². The van der Waals surface area contributed by atoms with Crippen LogP contribution in [0.25, 0.3) is 10.9 Å². The summed E-state index contributed by atoms with van der Waals surface area (Å²) in [4.78, 5) is 16.4. The molecule has 0 fully saturated rings. The molecular weight excluding hydrogens is 286 g/mol. The van der Waals surface area contributed by atoms with Crippen molar-refractivity contribution in [1.82, 2.24) is 4.98 Å². The molecule has 0 aliphatic carbocycles. The fourth-order valence-corrected chi connectivity index (χ4v) is 2.61. The van der Waals surface area contributed by atoms with Crippen LogP contribution in [0.3, 0.4) is 0 Å². The number of rotatable bonds is 5. The van der Waals surface area contributed by atoms with Gasteiger partial charge >= 0.3 is 0 Å². The van der Waals surface area contributed by atoms with E-state index >= 15 is 0 Å². The molecule has 1 amide bonds. The van der Waals surface area contributed by atoms with Crippen LogP contribution in [-0.2, 0) is 4.79 Å². The molecule has 4 nitrogen and oxygen atoms in total. The lowest BCUT2D eigenvalue weighted by atomic mass is 10.1. The lowest BCUT2D eigenvalue weighted by Crippen LogP contribution is -2.17. The number of carbonyl (C=O) groups excluding carboxylic acids is 1. The van der Waals surface area contributed by atoms with Crippen LogP contribution >= 0.6 is 11.6 Å². The maximum Gasteiger partial charge on any atom is 0.224 e. The summed E-state index contributed by atoms with van der Waals surface area (Å²) in [6, 6.07) is 5.70. The van der Waals surface area contributed by atoms with Crippen LogP contribution < -0.4 is 11.1 Å². The number of nitrogens with one attached hydrogen (secondary N) is 1. The molecule has 0 saturated carbocycles. The maximum atomic E-state index is 12.0. The monoisotopic (exact) mass is 305 g/mol. The third-order valence-electron chi connectivity index (χ3n) is 3.36. The van der Waals surface area contributed by atoms with Crippen molar-refractivity contribution in [2.24, 2.45) is 5.73 Å². The normalized spacial score (nSPS) is 12.4. The van der Waals surface area contributed by atoms with Gasteiger partial charge in [0.25, 0.3) is 0 Å². The molecule has 112 valence electrons. The van der Waals surface area contributed by atoms with E-state index in [-0.39, 0.29) is 11.9 Å². The summed E-state index contributed by atoms with van der Waals surface area (Å²) in [6.07, 6.45) is 3.77. The van der Waals surface area contributed by atoms with E-state index in [1.807, 2.05) is 32.0 Å². The number of pyridine rings is 1. The van der Waals surface area contributed by atoms with Gasteiger partial charge < -0.3 is 11.1 Å². The highest BCUT2D eigenvalue weighted by Gasteiger charge is 2.12. The number of nitrogens with zero attached hydrogens (tertiary/aromatic N) is 1. The summed E-state index contributed by atoms with van der Waals surface area (Å²) in [7, 11) is 0. The SMILES string of the molecule is Cc1cc(Cl)c(NC(=O)CCCC(C)N)c2cccnc12. The molecule has 0 spiro atoms. The number of aryl methyl sites for hydroxylation is 1. The van der Waals surface area contributed by atoms with E-state index in [9.17, 15) is 4.79 Å². The van der Waals surface area contributed by atoms with Gasteiger partial charge in [0, 0.05) is 24.0 Å². The topological polar surface area (TPSA) is 68.0 Å². The number of benzene rings is 1. The zero-order chi connectivity index (χ0) is 15.4. The smallest absolute Gasteiger partial charge is 0.224 e. The van der Waals surface area contributed by atoms with Gasteiger partial charge in [0.2, 0.25) is 5.91 Å². The second kappa shape index (κ2) is 6.87. The number of aromatic nitrogens is 1. The van der Waals surface area contributed by atoms with Crippen LogP contribution in [-0.4, -0.2) is 16.9 Å². The largest absolute Gasteiger partial charge is 0.328 e. The Morgan fingerprint density at radius 1 is 1.52 bits per heavy atom. The zero-order valence-electron chi connectivity index (χ0n) is 12.3. The Morgan fingerprint density at radius 3 is 3.00 bits per heavy atom. The van der Waals surface area contributed by atoms with Crippen molar-refractivity contribution < 1.29 is 4.79 Å². The Morgan fingerprint density at radius 2 is 2.29 bits per heavy atom. The zero-order valence-corrected chi connectivity index (χ0v) is 13.1. The van der Waals surface area contributed by atoms with E-state index in [1.165, 1.54) is 0 Å². The van der Waals surface area contributed by atoms with Gasteiger partial charge in [-0.25, -0.2) is 0 Å². The molecule has 0 saturated heterocycles. The molecule has 2 aromatic rings. The molecule has 3 N–H and O–H groups in total. The van der Waals surface area contributed by atoms with E-state index in [1.54, 1.807) is 6.20 Å². The summed E-state index contributed by atoms with van der Waals surface area (Å²) in [5.74, 6) is -0.0495. The van der Waals surface area contributed by atoms with Crippen LogP contribution in [0, 0.1) is 6.92 Å². The third-order valence-corrected chi connectivity index (χ3v) is 3.66. The van der Waals surface area contributed by atoms with Gasteiger partial charge in [-0.05, 0) is 50.5 Å². The van der Waals surface area contributed by atoms with Gasteiger partial charge in [-0.1, -0.05) is 11.6 Å². The lowest BCUT2D eigenvalue weighted by Gasteiger charge is -2.12. The van der Waals surface area contributed by atoms with E-state index in [0.29, 0.717) is 17.1 Å². The van der Waals surface area contributed by atoms with Gasteiger partial charge in [0.1, 0.15) is 0 Å². The Bertz CT molecular complexity index is 655. The summed E-state index contributed by atoms with van der Waals surface area (Å²) in [6.45, 7) is 3.89. The highest BCUT2D eigenvalue weighted by atomic mass is 35.5. The lowest BCUT2D eigenvalue weighted by molar-refractivity contribution is -0.116. The van der Waals surface area contributed by atoms with E-state index in [4.69, 9.17) is 17.3 Å². The first-order chi connectivity index (χ1) is 9.99. The minimum absolute atomic E-state index is 0.0495. The van der Waals surface area contributed by atoms with E-state index < -0.39 is 0 Å². The summed E-state index contributed by atoms with van der Waals surface area (Å²) in [5, 5.41) is 4.30. The van der Waals surface area contributed by atoms with Crippen molar-refractivity contribution in [3.63, 3.8) is 0 Å². The fraction of sp³-hybridized carbons (Fsp3) is 0.375. The first-order valence-corrected chi connectivity index (χ1v) is 7.46. The number of hydrogen-bond donors (Lipinski definition) is 2.